The van der Waals surface area contributed by atoms with Gasteiger partial charge in [-0.05, 0) is 61.3 Å². The fourth-order valence-electron chi connectivity index (χ4n) is 3.59. The number of amides is 1. The van der Waals surface area contributed by atoms with Gasteiger partial charge in [0.15, 0.2) is 0 Å². The highest BCUT2D eigenvalue weighted by molar-refractivity contribution is 6.30. The molecule has 0 radical (unpaired) electrons. The monoisotopic (exact) mass is 355 g/mol. The van der Waals surface area contributed by atoms with Crippen molar-refractivity contribution in [3.8, 4) is 0 Å². The van der Waals surface area contributed by atoms with E-state index in [1.165, 1.54) is 5.56 Å². The van der Waals surface area contributed by atoms with E-state index in [2.05, 4.69) is 17.4 Å². The number of halogens is 1. The zero-order chi connectivity index (χ0) is 17.6. The molecule has 1 fully saturated rings. The number of carbonyl (C=O) groups excluding carboxylic acids is 2. The SMILES string of the molecule is O=Cc1ccc(C2CCC(CC(=O)Nc3cccc(Cl)c3)CC2)cc1. The molecule has 3 nitrogen and oxygen atoms in total. The van der Waals surface area contributed by atoms with E-state index in [0.29, 0.717) is 23.3 Å². The summed E-state index contributed by atoms with van der Waals surface area (Å²) in [6, 6.07) is 15.1. The lowest BCUT2D eigenvalue weighted by Crippen LogP contribution is -2.20. The highest BCUT2D eigenvalue weighted by Crippen LogP contribution is 2.37. The van der Waals surface area contributed by atoms with E-state index in [4.69, 9.17) is 11.6 Å². The van der Waals surface area contributed by atoms with Gasteiger partial charge in [0.2, 0.25) is 5.91 Å². The second kappa shape index (κ2) is 8.30. The Kier molecular flexibility index (Phi) is 5.87. The van der Waals surface area contributed by atoms with E-state index in [1.54, 1.807) is 12.1 Å². The van der Waals surface area contributed by atoms with Crippen molar-refractivity contribution in [3.05, 3.63) is 64.7 Å². The topological polar surface area (TPSA) is 46.2 Å². The fourth-order valence-corrected chi connectivity index (χ4v) is 3.78. The predicted octanol–water partition coefficient (Wildman–Crippen LogP) is 5.46. The van der Waals surface area contributed by atoms with Crippen LogP contribution in [0.4, 0.5) is 5.69 Å². The standard InChI is InChI=1S/C21H22ClNO2/c22-19-2-1-3-20(13-19)23-21(25)12-15-4-8-17(9-5-15)18-10-6-16(14-24)7-11-18/h1-3,6-7,10-11,13-15,17H,4-5,8-9,12H2,(H,23,25). The average Bonchev–Trinajstić information content (AvgIpc) is 2.62. The summed E-state index contributed by atoms with van der Waals surface area (Å²) in [5, 5.41) is 3.55. The van der Waals surface area contributed by atoms with E-state index in [9.17, 15) is 9.59 Å². The maximum Gasteiger partial charge on any atom is 0.224 e. The summed E-state index contributed by atoms with van der Waals surface area (Å²) in [6.07, 6.45) is 5.74. The third-order valence-electron chi connectivity index (χ3n) is 4.97. The Labute approximate surface area is 153 Å². The number of hydrogen-bond acceptors (Lipinski definition) is 2. The van der Waals surface area contributed by atoms with Gasteiger partial charge in [-0.15, -0.1) is 0 Å². The molecule has 0 aliphatic heterocycles. The minimum absolute atomic E-state index is 0.0565. The molecule has 1 amide bonds. The van der Waals surface area contributed by atoms with Crippen molar-refractivity contribution in [1.82, 2.24) is 0 Å². The zero-order valence-corrected chi connectivity index (χ0v) is 14.8. The maximum atomic E-state index is 12.2. The number of rotatable bonds is 5. The molecule has 1 N–H and O–H groups in total. The molecule has 0 spiro atoms. The van der Waals surface area contributed by atoms with Crippen LogP contribution in [0.3, 0.4) is 0 Å². The Balaban J connectivity index is 1.48. The lowest BCUT2D eigenvalue weighted by Gasteiger charge is -2.28. The summed E-state index contributed by atoms with van der Waals surface area (Å²) >= 11 is 5.94. The number of aldehydes is 1. The largest absolute Gasteiger partial charge is 0.326 e. The van der Waals surface area contributed by atoms with Gasteiger partial charge in [0.1, 0.15) is 6.29 Å². The average molecular weight is 356 g/mol. The van der Waals surface area contributed by atoms with Crippen LogP contribution in [-0.4, -0.2) is 12.2 Å². The van der Waals surface area contributed by atoms with Crippen LogP contribution in [0.5, 0.6) is 0 Å². The first-order valence-electron chi connectivity index (χ1n) is 8.74. The van der Waals surface area contributed by atoms with Gasteiger partial charge in [0.25, 0.3) is 0 Å². The maximum absolute atomic E-state index is 12.2. The quantitative estimate of drug-likeness (QED) is 0.724. The second-order valence-electron chi connectivity index (χ2n) is 6.76. The number of hydrogen-bond donors (Lipinski definition) is 1. The fraction of sp³-hybridized carbons (Fsp3) is 0.333. The summed E-state index contributed by atoms with van der Waals surface area (Å²) < 4.78 is 0. The van der Waals surface area contributed by atoms with Gasteiger partial charge in [-0.2, -0.15) is 0 Å². The molecule has 0 saturated heterocycles. The highest BCUT2D eigenvalue weighted by atomic mass is 35.5. The van der Waals surface area contributed by atoms with Crippen molar-refractivity contribution in [2.45, 2.75) is 38.0 Å². The molecule has 0 unspecified atom stereocenters. The van der Waals surface area contributed by atoms with Crippen LogP contribution in [0.2, 0.25) is 5.02 Å². The molecular formula is C21H22ClNO2. The Morgan fingerprint density at radius 1 is 1.08 bits per heavy atom. The predicted molar refractivity (Wildman–Crippen MR) is 101 cm³/mol. The van der Waals surface area contributed by atoms with Crippen LogP contribution in [-0.2, 0) is 4.79 Å². The second-order valence-corrected chi connectivity index (χ2v) is 7.20. The molecule has 1 saturated carbocycles. The molecule has 3 rings (SSSR count). The number of carbonyl (C=O) groups is 2. The number of benzene rings is 2. The highest BCUT2D eigenvalue weighted by Gasteiger charge is 2.24. The summed E-state index contributed by atoms with van der Waals surface area (Å²) in [6.45, 7) is 0. The number of anilines is 1. The normalized spacial score (nSPS) is 20.0. The molecule has 0 atom stereocenters. The van der Waals surface area contributed by atoms with Gasteiger partial charge in [0.05, 0.1) is 0 Å². The molecular weight excluding hydrogens is 334 g/mol. The van der Waals surface area contributed by atoms with Gasteiger partial charge in [-0.1, -0.05) is 41.9 Å². The lowest BCUT2D eigenvalue weighted by atomic mass is 9.77. The van der Waals surface area contributed by atoms with Crippen LogP contribution in [0.25, 0.3) is 0 Å². The Hall–Kier alpha value is -2.13. The first-order valence-corrected chi connectivity index (χ1v) is 9.12. The summed E-state index contributed by atoms with van der Waals surface area (Å²) in [5.41, 5.74) is 2.77. The summed E-state index contributed by atoms with van der Waals surface area (Å²) in [5.74, 6) is 1.03. The molecule has 4 heteroatoms. The van der Waals surface area contributed by atoms with Crippen LogP contribution >= 0.6 is 11.6 Å². The summed E-state index contributed by atoms with van der Waals surface area (Å²) in [4.78, 5) is 23.0. The van der Waals surface area contributed by atoms with Crippen molar-refractivity contribution >= 4 is 29.5 Å². The van der Waals surface area contributed by atoms with Crippen molar-refractivity contribution in [1.29, 1.82) is 0 Å². The van der Waals surface area contributed by atoms with Crippen molar-refractivity contribution in [2.75, 3.05) is 5.32 Å². The van der Waals surface area contributed by atoms with Crippen LogP contribution in [0.15, 0.2) is 48.5 Å². The van der Waals surface area contributed by atoms with Gasteiger partial charge in [0, 0.05) is 22.7 Å². The molecule has 2 aromatic rings. The zero-order valence-electron chi connectivity index (χ0n) is 14.1. The van der Waals surface area contributed by atoms with E-state index in [-0.39, 0.29) is 5.91 Å². The molecule has 130 valence electrons. The van der Waals surface area contributed by atoms with E-state index >= 15 is 0 Å². The Bertz CT molecular complexity index is 734. The van der Waals surface area contributed by atoms with E-state index < -0.39 is 0 Å². The first kappa shape index (κ1) is 17.7. The van der Waals surface area contributed by atoms with Crippen molar-refractivity contribution in [2.24, 2.45) is 5.92 Å². The molecule has 2 aromatic carbocycles. The van der Waals surface area contributed by atoms with Crippen LogP contribution in [0, 0.1) is 5.92 Å². The smallest absolute Gasteiger partial charge is 0.224 e. The van der Waals surface area contributed by atoms with Gasteiger partial charge < -0.3 is 5.32 Å². The van der Waals surface area contributed by atoms with Gasteiger partial charge >= 0.3 is 0 Å². The van der Waals surface area contributed by atoms with Crippen LogP contribution < -0.4 is 5.32 Å². The van der Waals surface area contributed by atoms with Gasteiger partial charge in [-0.3, -0.25) is 9.59 Å². The number of nitrogens with one attached hydrogen (secondary N) is 1. The van der Waals surface area contributed by atoms with E-state index in [0.717, 1.165) is 43.2 Å². The van der Waals surface area contributed by atoms with Crippen molar-refractivity contribution < 1.29 is 9.59 Å². The Morgan fingerprint density at radius 3 is 2.44 bits per heavy atom. The van der Waals surface area contributed by atoms with Gasteiger partial charge in [-0.25, -0.2) is 0 Å². The molecule has 1 aliphatic rings. The molecule has 1 aliphatic carbocycles. The lowest BCUT2D eigenvalue weighted by molar-refractivity contribution is -0.117. The first-order chi connectivity index (χ1) is 12.1. The molecule has 0 aromatic heterocycles. The third-order valence-corrected chi connectivity index (χ3v) is 5.21. The third kappa shape index (κ3) is 4.93. The van der Waals surface area contributed by atoms with E-state index in [1.807, 2.05) is 24.3 Å². The minimum Gasteiger partial charge on any atom is -0.326 e. The van der Waals surface area contributed by atoms with Crippen molar-refractivity contribution in [3.63, 3.8) is 0 Å². The Morgan fingerprint density at radius 2 is 1.80 bits per heavy atom. The molecule has 0 bridgehead atoms. The molecule has 25 heavy (non-hydrogen) atoms. The molecule has 0 heterocycles. The minimum atomic E-state index is 0.0565. The summed E-state index contributed by atoms with van der Waals surface area (Å²) in [7, 11) is 0. The van der Waals surface area contributed by atoms with Crippen LogP contribution in [0.1, 0.15) is 53.9 Å².